The highest BCUT2D eigenvalue weighted by molar-refractivity contribution is 7.94. The topological polar surface area (TPSA) is 121 Å². The van der Waals surface area contributed by atoms with E-state index in [4.69, 9.17) is 4.74 Å². The van der Waals surface area contributed by atoms with Crippen molar-refractivity contribution in [1.82, 2.24) is 25.2 Å². The fourth-order valence-electron chi connectivity index (χ4n) is 7.20. The number of rotatable bonds is 5. The van der Waals surface area contributed by atoms with Crippen LogP contribution in [0.4, 0.5) is 19.0 Å². The maximum atomic E-state index is 16.5. The Morgan fingerprint density at radius 3 is 2.74 bits per heavy atom. The van der Waals surface area contributed by atoms with Crippen molar-refractivity contribution in [1.29, 1.82) is 0 Å². The van der Waals surface area contributed by atoms with E-state index in [1.807, 2.05) is 0 Å². The van der Waals surface area contributed by atoms with Gasteiger partial charge in [0.15, 0.2) is 15.7 Å². The molecular weight excluding hydrogens is 585 g/mol. The molecule has 2 bridgehead atoms. The zero-order valence-corrected chi connectivity index (χ0v) is 23.6. The Morgan fingerprint density at radius 2 is 1.95 bits per heavy atom. The van der Waals surface area contributed by atoms with E-state index in [-0.39, 0.29) is 64.8 Å². The zero-order valence-electron chi connectivity index (χ0n) is 22.8. The lowest BCUT2D eigenvalue weighted by Crippen LogP contribution is -2.73. The number of piperazine rings is 1. The van der Waals surface area contributed by atoms with Crippen molar-refractivity contribution in [2.75, 3.05) is 37.7 Å². The van der Waals surface area contributed by atoms with E-state index in [0.717, 1.165) is 19.4 Å². The average molecular weight is 613 g/mol. The van der Waals surface area contributed by atoms with Crippen molar-refractivity contribution in [2.24, 2.45) is 0 Å². The number of fused-ring (bicyclic) bond motifs is 5. The van der Waals surface area contributed by atoms with Gasteiger partial charge in [0.2, 0.25) is 0 Å². The van der Waals surface area contributed by atoms with Crippen LogP contribution in [0.15, 0.2) is 36.5 Å². The fraction of sp³-hybridized carbons (Fsp3) is 0.414. The van der Waals surface area contributed by atoms with Gasteiger partial charge in [-0.15, -0.1) is 0 Å². The molecular formula is C29H27F3N6O4S. The summed E-state index contributed by atoms with van der Waals surface area (Å²) in [6.07, 6.45) is 2.40. The summed E-state index contributed by atoms with van der Waals surface area (Å²) in [6.45, 7) is 1.38. The molecule has 10 nitrogen and oxygen atoms in total. The summed E-state index contributed by atoms with van der Waals surface area (Å²) in [5.74, 6) is -1.41. The highest BCUT2D eigenvalue weighted by Crippen LogP contribution is 2.42. The molecule has 0 saturated carbocycles. The Balaban J connectivity index is 1.26. The zero-order chi connectivity index (χ0) is 29.7. The van der Waals surface area contributed by atoms with Gasteiger partial charge in [-0.3, -0.25) is 15.2 Å². The summed E-state index contributed by atoms with van der Waals surface area (Å²) in [5.41, 5.74) is -0.826. The number of alkyl halides is 1. The number of aromatic nitrogens is 3. The summed E-state index contributed by atoms with van der Waals surface area (Å²) in [7, 11) is -3.30. The molecule has 224 valence electrons. The Kier molecular flexibility index (Phi) is 5.85. The predicted molar refractivity (Wildman–Crippen MR) is 152 cm³/mol. The van der Waals surface area contributed by atoms with E-state index < -0.39 is 43.9 Å². The summed E-state index contributed by atoms with van der Waals surface area (Å²) in [6, 6.07) is 6.84. The molecule has 0 aliphatic carbocycles. The first-order chi connectivity index (χ1) is 20.6. The number of hydrogen-bond acceptors (Lipinski definition) is 10. The molecule has 2 aromatic carbocycles. The smallest absolute Gasteiger partial charge is 0.319 e. The number of hydrogen-bond donors (Lipinski definition) is 2. The van der Waals surface area contributed by atoms with Gasteiger partial charge in [-0.05, 0) is 43.0 Å². The van der Waals surface area contributed by atoms with Gasteiger partial charge in [0, 0.05) is 43.2 Å². The maximum Gasteiger partial charge on any atom is 0.319 e. The van der Waals surface area contributed by atoms with Crippen LogP contribution in [-0.4, -0.2) is 88.6 Å². The summed E-state index contributed by atoms with van der Waals surface area (Å²) >= 11 is 0. The van der Waals surface area contributed by atoms with E-state index in [2.05, 4.69) is 25.2 Å². The molecule has 4 aromatic rings. The van der Waals surface area contributed by atoms with Gasteiger partial charge >= 0.3 is 6.01 Å². The van der Waals surface area contributed by atoms with Gasteiger partial charge < -0.3 is 14.7 Å². The molecule has 0 spiro atoms. The van der Waals surface area contributed by atoms with E-state index >= 15 is 4.39 Å². The number of halogens is 3. The fourth-order valence-corrected chi connectivity index (χ4v) is 8.85. The standard InChI is InChI=1S/C29H27F3N6O4S/c30-16-9-29(5-2-6-38(29)11-16)14-42-28-35-26-19(27(36-28)37-12-21-34-22(13-37)43(21,40)41)10-33-25(24(26)32)18-8-17(39)7-15-3-1-4-20(31)23(15)18/h1,3-4,7-8,10,16,21-22,34,39H,2,5-6,9,11-14H2/t16-,21?,22?,29+/m1/s1. The number of phenols is 1. The SMILES string of the molecule is O=S1(=O)C2CN(c3nc(OC[C@@]45CCCN4C[C@H](F)C5)nc4c(F)c(-c5cc(O)cc6cccc(F)c56)ncc34)CC1N2. The molecule has 14 heteroatoms. The lowest BCUT2D eigenvalue weighted by atomic mass is 9.95. The van der Waals surface area contributed by atoms with Gasteiger partial charge in [0.25, 0.3) is 0 Å². The third kappa shape index (κ3) is 4.06. The van der Waals surface area contributed by atoms with Crippen LogP contribution in [0.1, 0.15) is 19.3 Å². The second kappa shape index (κ2) is 9.37. The van der Waals surface area contributed by atoms with Gasteiger partial charge in [0.05, 0.1) is 10.9 Å². The molecule has 43 heavy (non-hydrogen) atoms. The van der Waals surface area contributed by atoms with Crippen molar-refractivity contribution in [3.05, 3.63) is 48.2 Å². The van der Waals surface area contributed by atoms with E-state index in [9.17, 15) is 22.3 Å². The molecule has 5 aliphatic heterocycles. The molecule has 2 N–H and O–H groups in total. The predicted octanol–water partition coefficient (Wildman–Crippen LogP) is 3.27. The third-order valence-corrected chi connectivity index (χ3v) is 11.4. The monoisotopic (exact) mass is 612 g/mol. The average Bonchev–Trinajstić information content (AvgIpc) is 3.51. The van der Waals surface area contributed by atoms with E-state index in [1.54, 1.807) is 11.0 Å². The third-order valence-electron chi connectivity index (χ3n) is 9.28. The number of nitrogens with one attached hydrogen (secondary N) is 1. The van der Waals surface area contributed by atoms with E-state index in [0.29, 0.717) is 18.4 Å². The maximum absolute atomic E-state index is 16.5. The van der Waals surface area contributed by atoms with Crippen LogP contribution < -0.4 is 15.0 Å². The Hall–Kier alpha value is -3.75. The number of benzene rings is 2. The highest BCUT2D eigenvalue weighted by atomic mass is 32.2. The van der Waals surface area contributed by atoms with Gasteiger partial charge in [-0.25, -0.2) is 21.6 Å². The van der Waals surface area contributed by atoms with Gasteiger partial charge in [0.1, 0.15) is 52.1 Å². The Bertz CT molecular complexity index is 1910. The lowest BCUT2D eigenvalue weighted by molar-refractivity contribution is 0.107. The van der Waals surface area contributed by atoms with Crippen molar-refractivity contribution in [2.45, 2.75) is 41.7 Å². The number of aromatic hydroxyl groups is 1. The first-order valence-electron chi connectivity index (χ1n) is 14.2. The highest BCUT2D eigenvalue weighted by Gasteiger charge is 2.52. The number of sulfone groups is 1. The second-order valence-corrected chi connectivity index (χ2v) is 14.2. The molecule has 2 aromatic heterocycles. The number of nitrogens with zero attached hydrogens (tertiary/aromatic N) is 5. The molecule has 0 radical (unpaired) electrons. The van der Waals surface area contributed by atoms with Crippen LogP contribution >= 0.6 is 0 Å². The van der Waals surface area contributed by atoms with Crippen LogP contribution in [0.5, 0.6) is 11.8 Å². The van der Waals surface area contributed by atoms with Crippen LogP contribution in [0.3, 0.4) is 0 Å². The molecule has 9 rings (SSSR count). The molecule has 5 saturated heterocycles. The normalized spacial score (nSPS) is 27.9. The number of anilines is 1. The lowest BCUT2D eigenvalue weighted by Gasteiger charge is -2.47. The number of phenolic OH excluding ortho intramolecular Hbond substituents is 1. The molecule has 2 unspecified atom stereocenters. The number of ether oxygens (including phenoxy) is 1. The molecule has 5 aliphatic rings. The molecule has 4 atom stereocenters. The first-order valence-corrected chi connectivity index (χ1v) is 15.8. The molecule has 0 amide bonds. The molecule has 5 fully saturated rings. The summed E-state index contributed by atoms with van der Waals surface area (Å²) in [4.78, 5) is 17.2. The van der Waals surface area contributed by atoms with Crippen LogP contribution in [0, 0.1) is 11.6 Å². The summed E-state index contributed by atoms with van der Waals surface area (Å²) in [5, 5.41) is 12.5. The first kappa shape index (κ1) is 26.8. The van der Waals surface area contributed by atoms with Crippen molar-refractivity contribution >= 4 is 37.3 Å². The largest absolute Gasteiger partial charge is 0.508 e. The second-order valence-electron chi connectivity index (χ2n) is 11.8. The quantitative estimate of drug-likeness (QED) is 0.348. The van der Waals surface area contributed by atoms with Crippen molar-refractivity contribution < 1.29 is 31.4 Å². The minimum atomic E-state index is -3.30. The number of pyridine rings is 1. The minimum absolute atomic E-state index is 0.0464. The summed E-state index contributed by atoms with van der Waals surface area (Å²) < 4.78 is 76.8. The van der Waals surface area contributed by atoms with Crippen molar-refractivity contribution in [3.8, 4) is 23.0 Å². The Morgan fingerprint density at radius 1 is 1.14 bits per heavy atom. The van der Waals surface area contributed by atoms with Crippen LogP contribution in [0.2, 0.25) is 0 Å². The molecule has 7 heterocycles. The van der Waals surface area contributed by atoms with Crippen molar-refractivity contribution in [3.63, 3.8) is 0 Å². The van der Waals surface area contributed by atoms with Gasteiger partial charge in [-0.2, -0.15) is 9.97 Å². The van der Waals surface area contributed by atoms with Crippen LogP contribution in [0.25, 0.3) is 32.9 Å². The van der Waals surface area contributed by atoms with Crippen LogP contribution in [-0.2, 0) is 9.84 Å². The Labute approximate surface area is 244 Å². The minimum Gasteiger partial charge on any atom is -0.508 e. The van der Waals surface area contributed by atoms with Gasteiger partial charge in [-0.1, -0.05) is 12.1 Å². The van der Waals surface area contributed by atoms with E-state index in [1.165, 1.54) is 30.5 Å².